The molecule has 0 spiro atoms. The van der Waals surface area contributed by atoms with Crippen LogP contribution in [0, 0.1) is 6.92 Å². The third-order valence-corrected chi connectivity index (χ3v) is 4.56. The van der Waals surface area contributed by atoms with Crippen LogP contribution >= 0.6 is 0 Å². The fourth-order valence-corrected chi connectivity index (χ4v) is 3.13. The molecule has 4 aromatic carbocycles. The van der Waals surface area contributed by atoms with Gasteiger partial charge in [-0.25, -0.2) is 9.59 Å². The largest absolute Gasteiger partial charge is 0.422 e. The van der Waals surface area contributed by atoms with Crippen LogP contribution in [0.2, 0.25) is 0 Å². The zero-order chi connectivity index (χ0) is 20.2. The van der Waals surface area contributed by atoms with Crippen LogP contribution in [-0.2, 0) is 0 Å². The Morgan fingerprint density at radius 1 is 0.621 bits per heavy atom. The quantitative estimate of drug-likeness (QED) is 0.341. The molecule has 0 saturated carbocycles. The summed E-state index contributed by atoms with van der Waals surface area (Å²) in [5, 5.41) is 1.39. The van der Waals surface area contributed by atoms with Gasteiger partial charge in [-0.05, 0) is 42.8 Å². The van der Waals surface area contributed by atoms with Gasteiger partial charge < -0.3 is 9.47 Å². The molecule has 142 valence electrons. The summed E-state index contributed by atoms with van der Waals surface area (Å²) in [4.78, 5) is 25.1. The van der Waals surface area contributed by atoms with E-state index in [0.717, 1.165) is 0 Å². The predicted octanol–water partition coefficient (Wildman–Crippen LogP) is 5.59. The van der Waals surface area contributed by atoms with E-state index in [9.17, 15) is 9.59 Å². The van der Waals surface area contributed by atoms with Crippen molar-refractivity contribution in [3.8, 4) is 11.5 Å². The smallest absolute Gasteiger partial charge is 0.343 e. The van der Waals surface area contributed by atoms with Gasteiger partial charge >= 0.3 is 11.9 Å². The van der Waals surface area contributed by atoms with Crippen LogP contribution in [0.4, 0.5) is 0 Å². The number of rotatable bonds is 4. The summed E-state index contributed by atoms with van der Waals surface area (Å²) in [5.74, 6) is -0.00232. The first-order chi connectivity index (χ1) is 14.1. The fraction of sp³-hybridized carbons (Fsp3) is 0.0400. The molecule has 0 bridgehead atoms. The maximum absolute atomic E-state index is 12.6. The molecular formula is C25H18O4. The Labute approximate surface area is 168 Å². The fourth-order valence-electron chi connectivity index (χ4n) is 3.13. The number of hydrogen-bond donors (Lipinski definition) is 0. The molecule has 0 aliphatic heterocycles. The third kappa shape index (κ3) is 3.87. The summed E-state index contributed by atoms with van der Waals surface area (Å²) in [6.45, 7) is 1.82. The Kier molecular flexibility index (Phi) is 5.08. The Hall–Kier alpha value is -3.92. The first-order valence-corrected chi connectivity index (χ1v) is 9.20. The van der Waals surface area contributed by atoms with Crippen molar-refractivity contribution >= 4 is 22.7 Å². The molecule has 4 rings (SSSR count). The van der Waals surface area contributed by atoms with Crippen molar-refractivity contribution in [2.24, 2.45) is 0 Å². The van der Waals surface area contributed by atoms with Crippen LogP contribution < -0.4 is 9.47 Å². The second-order valence-electron chi connectivity index (χ2n) is 6.58. The van der Waals surface area contributed by atoms with Crippen molar-refractivity contribution < 1.29 is 19.1 Å². The van der Waals surface area contributed by atoms with E-state index in [0.29, 0.717) is 39.0 Å². The normalized spacial score (nSPS) is 10.5. The van der Waals surface area contributed by atoms with E-state index in [1.165, 1.54) is 0 Å². The van der Waals surface area contributed by atoms with Crippen molar-refractivity contribution in [3.63, 3.8) is 0 Å². The predicted molar refractivity (Wildman–Crippen MR) is 111 cm³/mol. The van der Waals surface area contributed by atoms with Crippen molar-refractivity contribution in [3.05, 3.63) is 108 Å². The molecule has 4 nitrogen and oxygen atoms in total. The minimum atomic E-state index is -0.441. The molecule has 0 unspecified atom stereocenters. The van der Waals surface area contributed by atoms with Crippen LogP contribution in [0.3, 0.4) is 0 Å². The lowest BCUT2D eigenvalue weighted by Crippen LogP contribution is -2.11. The molecule has 29 heavy (non-hydrogen) atoms. The Morgan fingerprint density at radius 2 is 1.10 bits per heavy atom. The van der Waals surface area contributed by atoms with E-state index in [1.54, 1.807) is 54.6 Å². The number of carbonyl (C=O) groups excluding carboxylic acids is 2. The number of benzene rings is 4. The van der Waals surface area contributed by atoms with E-state index in [-0.39, 0.29) is 0 Å². The third-order valence-electron chi connectivity index (χ3n) is 4.56. The Bertz CT molecular complexity index is 1180. The first-order valence-electron chi connectivity index (χ1n) is 9.20. The highest BCUT2D eigenvalue weighted by Crippen LogP contribution is 2.37. The van der Waals surface area contributed by atoms with E-state index in [4.69, 9.17) is 9.47 Å². The van der Waals surface area contributed by atoms with E-state index >= 15 is 0 Å². The van der Waals surface area contributed by atoms with Gasteiger partial charge in [0.05, 0.1) is 11.1 Å². The number of ether oxygens (including phenoxy) is 2. The lowest BCUT2D eigenvalue weighted by Gasteiger charge is -2.14. The average Bonchev–Trinajstić information content (AvgIpc) is 2.77. The summed E-state index contributed by atoms with van der Waals surface area (Å²) < 4.78 is 11.4. The van der Waals surface area contributed by atoms with Gasteiger partial charge in [0.1, 0.15) is 11.5 Å². The van der Waals surface area contributed by atoms with Gasteiger partial charge in [0, 0.05) is 10.8 Å². The molecule has 0 radical (unpaired) electrons. The molecule has 0 amide bonds. The highest BCUT2D eigenvalue weighted by atomic mass is 16.5. The number of carbonyl (C=O) groups is 2. The van der Waals surface area contributed by atoms with Gasteiger partial charge in [-0.3, -0.25) is 0 Å². The number of esters is 2. The molecule has 0 aliphatic carbocycles. The second-order valence-corrected chi connectivity index (χ2v) is 6.58. The number of fused-ring (bicyclic) bond motifs is 1. The van der Waals surface area contributed by atoms with E-state index in [2.05, 4.69) is 0 Å². The molecular weight excluding hydrogens is 364 g/mol. The summed E-state index contributed by atoms with van der Waals surface area (Å²) in [6, 6.07) is 26.7. The lowest BCUT2D eigenvalue weighted by atomic mass is 10.0. The van der Waals surface area contributed by atoms with Gasteiger partial charge in [-0.2, -0.15) is 0 Å². The Balaban J connectivity index is 1.71. The standard InChI is InChI=1S/C25H18O4/c1-17-16-22(28-24(26)18-10-4-2-5-11-18)20-14-8-9-15-21(20)23(17)29-25(27)19-12-6-3-7-13-19/h2-16H,1H3. The molecule has 0 fully saturated rings. The van der Waals surface area contributed by atoms with E-state index in [1.807, 2.05) is 43.3 Å². The molecule has 4 aromatic rings. The van der Waals surface area contributed by atoms with Crippen molar-refractivity contribution in [2.45, 2.75) is 6.92 Å². The topological polar surface area (TPSA) is 52.6 Å². The maximum Gasteiger partial charge on any atom is 0.343 e. The molecule has 0 heterocycles. The van der Waals surface area contributed by atoms with Gasteiger partial charge in [-0.15, -0.1) is 0 Å². The van der Waals surface area contributed by atoms with Gasteiger partial charge in [0.15, 0.2) is 0 Å². The molecule has 0 aromatic heterocycles. The van der Waals surface area contributed by atoms with Crippen molar-refractivity contribution in [2.75, 3.05) is 0 Å². The summed E-state index contributed by atoms with van der Waals surface area (Å²) in [6.07, 6.45) is 0. The second kappa shape index (κ2) is 7.98. The van der Waals surface area contributed by atoms with Crippen LogP contribution in [0.5, 0.6) is 11.5 Å². The molecule has 0 N–H and O–H groups in total. The zero-order valence-electron chi connectivity index (χ0n) is 15.8. The summed E-state index contributed by atoms with van der Waals surface area (Å²) >= 11 is 0. The summed E-state index contributed by atoms with van der Waals surface area (Å²) in [5.41, 5.74) is 1.63. The first kappa shape index (κ1) is 18.4. The lowest BCUT2D eigenvalue weighted by molar-refractivity contribution is 0.0722. The van der Waals surface area contributed by atoms with Crippen molar-refractivity contribution in [1.82, 2.24) is 0 Å². The molecule has 0 aliphatic rings. The molecule has 0 saturated heterocycles. The minimum Gasteiger partial charge on any atom is -0.422 e. The SMILES string of the molecule is Cc1cc(OC(=O)c2ccccc2)c2ccccc2c1OC(=O)c1ccccc1. The average molecular weight is 382 g/mol. The molecule has 4 heteroatoms. The molecule has 0 atom stereocenters. The minimum absolute atomic E-state index is 0.423. The zero-order valence-corrected chi connectivity index (χ0v) is 15.8. The van der Waals surface area contributed by atoms with Gasteiger partial charge in [0.25, 0.3) is 0 Å². The highest BCUT2D eigenvalue weighted by Gasteiger charge is 2.18. The van der Waals surface area contributed by atoms with Crippen LogP contribution in [-0.4, -0.2) is 11.9 Å². The monoisotopic (exact) mass is 382 g/mol. The van der Waals surface area contributed by atoms with Gasteiger partial charge in [0.2, 0.25) is 0 Å². The van der Waals surface area contributed by atoms with Gasteiger partial charge in [-0.1, -0.05) is 60.7 Å². The van der Waals surface area contributed by atoms with E-state index < -0.39 is 11.9 Å². The number of aryl methyl sites for hydroxylation is 1. The highest BCUT2D eigenvalue weighted by molar-refractivity contribution is 6.00. The number of hydrogen-bond acceptors (Lipinski definition) is 4. The van der Waals surface area contributed by atoms with Crippen molar-refractivity contribution in [1.29, 1.82) is 0 Å². The summed E-state index contributed by atoms with van der Waals surface area (Å²) in [7, 11) is 0. The van der Waals surface area contributed by atoms with Crippen LogP contribution in [0.1, 0.15) is 26.3 Å². The van der Waals surface area contributed by atoms with Crippen LogP contribution in [0.25, 0.3) is 10.8 Å². The maximum atomic E-state index is 12.6. The Morgan fingerprint density at radius 3 is 1.69 bits per heavy atom. The van der Waals surface area contributed by atoms with Crippen LogP contribution in [0.15, 0.2) is 91.0 Å².